The van der Waals surface area contributed by atoms with E-state index in [0.717, 1.165) is 13.1 Å². The zero-order valence-corrected chi connectivity index (χ0v) is 13.2. The van der Waals surface area contributed by atoms with Crippen LogP contribution in [0.1, 0.15) is 6.92 Å². The number of tetrazole rings is 1. The fourth-order valence-corrected chi connectivity index (χ4v) is 2.27. The summed E-state index contributed by atoms with van der Waals surface area (Å²) in [5, 5.41) is 17.8. The van der Waals surface area contributed by atoms with Crippen LogP contribution in [0.5, 0.6) is 0 Å². The number of methoxy groups -OCH3 is 1. The Morgan fingerprint density at radius 2 is 2.38 bits per heavy atom. The quantitative estimate of drug-likeness (QED) is 0.329. The summed E-state index contributed by atoms with van der Waals surface area (Å²) in [6.45, 7) is 8.66. The van der Waals surface area contributed by atoms with Gasteiger partial charge in [0.25, 0.3) is 0 Å². The number of thioether (sulfide) groups is 1. The third-order valence-electron chi connectivity index (χ3n) is 2.55. The van der Waals surface area contributed by atoms with Gasteiger partial charge in [0.05, 0.1) is 18.4 Å². The van der Waals surface area contributed by atoms with Crippen molar-refractivity contribution < 1.29 is 9.53 Å². The largest absolute Gasteiger partial charge is 0.383 e. The van der Waals surface area contributed by atoms with Crippen molar-refractivity contribution >= 4 is 17.7 Å². The molecule has 21 heavy (non-hydrogen) atoms. The number of nitrogens with one attached hydrogen (secondary N) is 2. The van der Waals surface area contributed by atoms with Gasteiger partial charge in [-0.1, -0.05) is 17.8 Å². The topological polar surface area (TPSA) is 94.0 Å². The molecule has 1 aromatic heterocycles. The Balaban J connectivity index is 2.40. The van der Waals surface area contributed by atoms with E-state index in [4.69, 9.17) is 4.74 Å². The second-order valence-electron chi connectivity index (χ2n) is 4.22. The van der Waals surface area contributed by atoms with Crippen LogP contribution in [0, 0.1) is 0 Å². The SMILES string of the molecule is C=CCNC(=O)C(C)Sc1nnnn1CCNCCOC. The molecule has 0 fully saturated rings. The Morgan fingerprint density at radius 3 is 3.10 bits per heavy atom. The number of hydrogen-bond acceptors (Lipinski definition) is 7. The summed E-state index contributed by atoms with van der Waals surface area (Å²) >= 11 is 1.33. The number of carbonyl (C=O) groups excluding carboxylic acids is 1. The van der Waals surface area contributed by atoms with Gasteiger partial charge >= 0.3 is 0 Å². The average Bonchev–Trinajstić information content (AvgIpc) is 2.91. The molecule has 0 saturated carbocycles. The lowest BCUT2D eigenvalue weighted by atomic mass is 10.4. The van der Waals surface area contributed by atoms with Crippen molar-refractivity contribution in [2.24, 2.45) is 0 Å². The van der Waals surface area contributed by atoms with Gasteiger partial charge in [-0.15, -0.1) is 11.7 Å². The molecule has 0 spiro atoms. The molecule has 1 aromatic rings. The Morgan fingerprint density at radius 1 is 1.57 bits per heavy atom. The van der Waals surface area contributed by atoms with E-state index >= 15 is 0 Å². The first kappa shape index (κ1) is 17.6. The van der Waals surface area contributed by atoms with Crippen LogP contribution in [0.3, 0.4) is 0 Å². The molecular formula is C12H22N6O2S. The summed E-state index contributed by atoms with van der Waals surface area (Å²) in [5.74, 6) is -0.0623. The fourth-order valence-electron chi connectivity index (χ4n) is 1.43. The van der Waals surface area contributed by atoms with Crippen LogP contribution in [0.15, 0.2) is 17.8 Å². The van der Waals surface area contributed by atoms with Crippen LogP contribution in [0.2, 0.25) is 0 Å². The molecule has 1 heterocycles. The number of nitrogens with zero attached hydrogens (tertiary/aromatic N) is 4. The molecule has 1 unspecified atom stereocenters. The van der Waals surface area contributed by atoms with Gasteiger partial charge in [-0.05, 0) is 17.4 Å². The zero-order chi connectivity index (χ0) is 15.5. The third kappa shape index (κ3) is 6.69. The van der Waals surface area contributed by atoms with Gasteiger partial charge in [-0.25, -0.2) is 4.68 Å². The van der Waals surface area contributed by atoms with Crippen molar-refractivity contribution in [3.8, 4) is 0 Å². The summed E-state index contributed by atoms with van der Waals surface area (Å²) in [5.41, 5.74) is 0. The first-order valence-electron chi connectivity index (χ1n) is 6.70. The lowest BCUT2D eigenvalue weighted by Gasteiger charge is -2.10. The van der Waals surface area contributed by atoms with Crippen LogP contribution < -0.4 is 10.6 Å². The number of amides is 1. The van der Waals surface area contributed by atoms with Crippen molar-refractivity contribution in [2.75, 3.05) is 33.4 Å². The molecular weight excluding hydrogens is 292 g/mol. The van der Waals surface area contributed by atoms with E-state index < -0.39 is 0 Å². The van der Waals surface area contributed by atoms with Crippen LogP contribution >= 0.6 is 11.8 Å². The number of ether oxygens (including phenoxy) is 1. The highest BCUT2D eigenvalue weighted by molar-refractivity contribution is 8.00. The van der Waals surface area contributed by atoms with Crippen LogP contribution in [-0.2, 0) is 16.1 Å². The third-order valence-corrected chi connectivity index (χ3v) is 3.63. The molecule has 0 radical (unpaired) electrons. The van der Waals surface area contributed by atoms with E-state index in [1.165, 1.54) is 11.8 Å². The zero-order valence-electron chi connectivity index (χ0n) is 12.4. The first-order chi connectivity index (χ1) is 10.2. The highest BCUT2D eigenvalue weighted by atomic mass is 32.2. The molecule has 118 valence electrons. The minimum Gasteiger partial charge on any atom is -0.383 e. The summed E-state index contributed by atoms with van der Waals surface area (Å²) in [4.78, 5) is 11.8. The Kier molecular flexibility index (Phi) is 8.63. The second-order valence-corrected chi connectivity index (χ2v) is 5.53. The van der Waals surface area contributed by atoms with Crippen molar-refractivity contribution in [3.05, 3.63) is 12.7 Å². The van der Waals surface area contributed by atoms with Crippen LogP contribution in [0.25, 0.3) is 0 Å². The maximum absolute atomic E-state index is 11.8. The van der Waals surface area contributed by atoms with E-state index in [0.29, 0.717) is 24.9 Å². The summed E-state index contributed by atoms with van der Waals surface area (Å²) in [6.07, 6.45) is 1.64. The number of hydrogen-bond donors (Lipinski definition) is 2. The molecule has 1 amide bonds. The highest BCUT2D eigenvalue weighted by Gasteiger charge is 2.17. The Bertz CT molecular complexity index is 439. The molecule has 0 aliphatic rings. The van der Waals surface area contributed by atoms with E-state index in [9.17, 15) is 4.79 Å². The minimum absolute atomic E-state index is 0.0623. The summed E-state index contributed by atoms with van der Waals surface area (Å²) < 4.78 is 6.63. The molecule has 8 nitrogen and oxygen atoms in total. The fraction of sp³-hybridized carbons (Fsp3) is 0.667. The second kappa shape index (κ2) is 10.3. The first-order valence-corrected chi connectivity index (χ1v) is 7.58. The molecule has 0 bridgehead atoms. The van der Waals surface area contributed by atoms with Crippen LogP contribution in [0.4, 0.5) is 0 Å². The molecule has 2 N–H and O–H groups in total. The normalized spacial score (nSPS) is 12.1. The van der Waals surface area contributed by atoms with Crippen molar-refractivity contribution in [1.29, 1.82) is 0 Å². The van der Waals surface area contributed by atoms with E-state index in [1.807, 2.05) is 6.92 Å². The summed E-state index contributed by atoms with van der Waals surface area (Å²) in [7, 11) is 1.66. The van der Waals surface area contributed by atoms with Gasteiger partial charge in [0.1, 0.15) is 0 Å². The van der Waals surface area contributed by atoms with E-state index in [-0.39, 0.29) is 11.2 Å². The predicted octanol–water partition coefficient (Wildman–Crippen LogP) is -0.308. The Hall–Kier alpha value is -1.45. The van der Waals surface area contributed by atoms with Gasteiger partial charge in [-0.3, -0.25) is 4.79 Å². The molecule has 0 aromatic carbocycles. The monoisotopic (exact) mass is 314 g/mol. The highest BCUT2D eigenvalue weighted by Crippen LogP contribution is 2.19. The molecule has 1 atom stereocenters. The number of aromatic nitrogens is 4. The maximum atomic E-state index is 11.8. The van der Waals surface area contributed by atoms with Gasteiger partial charge in [0.15, 0.2) is 0 Å². The lowest BCUT2D eigenvalue weighted by Crippen LogP contribution is -2.31. The average molecular weight is 314 g/mol. The van der Waals surface area contributed by atoms with Gasteiger partial charge < -0.3 is 15.4 Å². The standard InChI is InChI=1S/C12H22N6O2S/c1-4-5-14-11(19)10(2)21-12-15-16-17-18(12)8-6-13-7-9-20-3/h4,10,13H,1,5-9H2,2-3H3,(H,14,19). The molecule has 0 aliphatic heterocycles. The van der Waals surface area contributed by atoms with E-state index in [1.54, 1.807) is 17.9 Å². The molecule has 1 rings (SSSR count). The molecule has 9 heteroatoms. The summed E-state index contributed by atoms with van der Waals surface area (Å²) in [6, 6.07) is 0. The van der Waals surface area contributed by atoms with Gasteiger partial charge in [0.2, 0.25) is 11.1 Å². The van der Waals surface area contributed by atoms with Gasteiger partial charge in [0, 0.05) is 26.7 Å². The molecule has 0 saturated heterocycles. The van der Waals surface area contributed by atoms with Crippen molar-refractivity contribution in [1.82, 2.24) is 30.8 Å². The Labute approximate surface area is 128 Å². The number of rotatable bonds is 11. The van der Waals surface area contributed by atoms with E-state index in [2.05, 4.69) is 32.7 Å². The predicted molar refractivity (Wildman–Crippen MR) is 81.1 cm³/mol. The smallest absolute Gasteiger partial charge is 0.233 e. The maximum Gasteiger partial charge on any atom is 0.233 e. The van der Waals surface area contributed by atoms with Crippen LogP contribution in [-0.4, -0.2) is 64.7 Å². The number of carbonyl (C=O) groups is 1. The van der Waals surface area contributed by atoms with Crippen molar-refractivity contribution in [2.45, 2.75) is 23.9 Å². The van der Waals surface area contributed by atoms with Crippen molar-refractivity contribution in [3.63, 3.8) is 0 Å². The lowest BCUT2D eigenvalue weighted by molar-refractivity contribution is -0.120. The van der Waals surface area contributed by atoms with Gasteiger partial charge in [-0.2, -0.15) is 0 Å². The molecule has 0 aliphatic carbocycles. The minimum atomic E-state index is -0.267.